The summed E-state index contributed by atoms with van der Waals surface area (Å²) in [5, 5.41) is 16.2. The Balaban J connectivity index is 1.48. The molecule has 28 heavy (non-hydrogen) atoms. The second kappa shape index (κ2) is 9.25. The fourth-order valence-electron chi connectivity index (χ4n) is 2.67. The van der Waals surface area contributed by atoms with Gasteiger partial charge in [0.2, 0.25) is 0 Å². The predicted octanol–water partition coefficient (Wildman–Crippen LogP) is 3.28. The van der Waals surface area contributed by atoms with E-state index in [2.05, 4.69) is 10.6 Å². The summed E-state index contributed by atoms with van der Waals surface area (Å²) in [4.78, 5) is 22.3. The number of carbonyl (C=O) groups is 1. The van der Waals surface area contributed by atoms with Gasteiger partial charge in [0.25, 0.3) is 11.6 Å². The number of ether oxygens (including phenoxy) is 2. The van der Waals surface area contributed by atoms with E-state index in [1.165, 1.54) is 24.3 Å². The molecule has 3 rings (SSSR count). The highest BCUT2D eigenvalue weighted by molar-refractivity contribution is 7.80. The summed E-state index contributed by atoms with van der Waals surface area (Å²) in [6, 6.07) is 12.5. The van der Waals surface area contributed by atoms with Crippen molar-refractivity contribution >= 4 is 34.6 Å². The Morgan fingerprint density at radius 1 is 1.21 bits per heavy atom. The molecule has 1 amide bonds. The van der Waals surface area contributed by atoms with Gasteiger partial charge in [0.05, 0.1) is 11.0 Å². The minimum Gasteiger partial charge on any atom is -0.491 e. The molecular weight excluding hydrogens is 382 g/mol. The van der Waals surface area contributed by atoms with Crippen LogP contribution in [0, 0.1) is 10.1 Å². The van der Waals surface area contributed by atoms with Crippen LogP contribution in [-0.4, -0.2) is 35.3 Å². The van der Waals surface area contributed by atoms with Crippen molar-refractivity contribution in [3.05, 3.63) is 64.2 Å². The van der Waals surface area contributed by atoms with Crippen LogP contribution in [0.15, 0.2) is 48.5 Å². The second-order valence-corrected chi connectivity index (χ2v) is 6.59. The Kier molecular flexibility index (Phi) is 6.51. The third-order valence-electron chi connectivity index (χ3n) is 4.14. The molecule has 0 aliphatic carbocycles. The first-order valence-corrected chi connectivity index (χ1v) is 9.13. The summed E-state index contributed by atoms with van der Waals surface area (Å²) in [5.74, 6) is 0.269. The molecule has 0 bridgehead atoms. The van der Waals surface area contributed by atoms with E-state index >= 15 is 0 Å². The fraction of sp³-hybridized carbons (Fsp3) is 0.263. The Morgan fingerprint density at radius 3 is 2.54 bits per heavy atom. The molecule has 1 saturated heterocycles. The quantitative estimate of drug-likeness (QED) is 0.435. The summed E-state index contributed by atoms with van der Waals surface area (Å²) in [6.07, 6.45) is 2.24. The van der Waals surface area contributed by atoms with E-state index in [0.29, 0.717) is 12.3 Å². The lowest BCUT2D eigenvalue weighted by atomic mass is 10.2. The number of thiocarbonyl (C=S) groups is 1. The molecule has 1 atom stereocenters. The first-order chi connectivity index (χ1) is 13.5. The third kappa shape index (κ3) is 5.48. The number of benzene rings is 2. The molecule has 2 aromatic rings. The van der Waals surface area contributed by atoms with Crippen LogP contribution in [0.25, 0.3) is 0 Å². The Morgan fingerprint density at radius 2 is 1.93 bits per heavy atom. The number of non-ortho nitro benzene ring substituents is 1. The molecule has 1 aliphatic rings. The highest BCUT2D eigenvalue weighted by atomic mass is 32.1. The second-order valence-electron chi connectivity index (χ2n) is 6.18. The molecule has 0 aromatic heterocycles. The zero-order valence-corrected chi connectivity index (χ0v) is 15.7. The first kappa shape index (κ1) is 19.7. The molecule has 1 fully saturated rings. The zero-order chi connectivity index (χ0) is 19.9. The Labute approximate surface area is 167 Å². The van der Waals surface area contributed by atoms with Crippen molar-refractivity contribution in [3.8, 4) is 5.75 Å². The van der Waals surface area contributed by atoms with Gasteiger partial charge < -0.3 is 14.8 Å². The molecule has 0 radical (unpaired) electrons. The van der Waals surface area contributed by atoms with Gasteiger partial charge in [-0.1, -0.05) is 0 Å². The van der Waals surface area contributed by atoms with E-state index in [-0.39, 0.29) is 22.5 Å². The van der Waals surface area contributed by atoms with Crippen LogP contribution in [0.2, 0.25) is 0 Å². The maximum Gasteiger partial charge on any atom is 0.269 e. The van der Waals surface area contributed by atoms with Gasteiger partial charge in [-0.15, -0.1) is 0 Å². The normalized spacial score (nSPS) is 15.6. The van der Waals surface area contributed by atoms with Crippen LogP contribution in [0.3, 0.4) is 0 Å². The number of nitro groups is 1. The van der Waals surface area contributed by atoms with Gasteiger partial charge in [0.1, 0.15) is 12.4 Å². The molecule has 146 valence electrons. The number of nitro benzene ring substituents is 1. The van der Waals surface area contributed by atoms with Crippen molar-refractivity contribution in [1.82, 2.24) is 5.32 Å². The lowest BCUT2D eigenvalue weighted by Gasteiger charge is -2.13. The van der Waals surface area contributed by atoms with Crippen LogP contribution in [0.1, 0.15) is 23.2 Å². The molecule has 9 heteroatoms. The van der Waals surface area contributed by atoms with Gasteiger partial charge in [-0.2, -0.15) is 0 Å². The maximum atomic E-state index is 12.2. The highest BCUT2D eigenvalue weighted by Gasteiger charge is 2.16. The van der Waals surface area contributed by atoms with Crippen LogP contribution >= 0.6 is 12.2 Å². The van der Waals surface area contributed by atoms with Gasteiger partial charge >= 0.3 is 0 Å². The smallest absolute Gasteiger partial charge is 0.269 e. The number of hydrogen-bond donors (Lipinski definition) is 2. The summed E-state index contributed by atoms with van der Waals surface area (Å²) in [5.41, 5.74) is 0.880. The number of nitrogens with zero attached hydrogens (tertiary/aromatic N) is 1. The number of rotatable bonds is 6. The molecule has 1 aliphatic heterocycles. The van der Waals surface area contributed by atoms with E-state index in [4.69, 9.17) is 21.7 Å². The van der Waals surface area contributed by atoms with Crippen LogP contribution in [0.4, 0.5) is 11.4 Å². The van der Waals surface area contributed by atoms with Gasteiger partial charge in [-0.25, -0.2) is 0 Å². The number of anilines is 1. The van der Waals surface area contributed by atoms with Crippen LogP contribution in [0.5, 0.6) is 5.75 Å². The van der Waals surface area contributed by atoms with E-state index in [1.54, 1.807) is 24.3 Å². The molecule has 0 saturated carbocycles. The van der Waals surface area contributed by atoms with Crippen molar-refractivity contribution in [2.45, 2.75) is 18.9 Å². The van der Waals surface area contributed by atoms with Crippen molar-refractivity contribution in [3.63, 3.8) is 0 Å². The third-order valence-corrected chi connectivity index (χ3v) is 4.34. The fourth-order valence-corrected chi connectivity index (χ4v) is 2.88. The van der Waals surface area contributed by atoms with Gasteiger partial charge in [0.15, 0.2) is 5.11 Å². The average molecular weight is 401 g/mol. The lowest BCUT2D eigenvalue weighted by Crippen LogP contribution is -2.34. The predicted molar refractivity (Wildman–Crippen MR) is 108 cm³/mol. The minimum absolute atomic E-state index is 0.0842. The molecule has 1 heterocycles. The van der Waals surface area contributed by atoms with Crippen LogP contribution < -0.4 is 15.4 Å². The summed E-state index contributed by atoms with van der Waals surface area (Å²) < 4.78 is 11.2. The SMILES string of the molecule is O=C(NC(=S)Nc1ccc(OCC2CCCO2)cc1)c1ccc([N+](=O)[O-])cc1. The molecule has 2 N–H and O–H groups in total. The topological polar surface area (TPSA) is 103 Å². The Hall–Kier alpha value is -3.04. The largest absolute Gasteiger partial charge is 0.491 e. The molecule has 8 nitrogen and oxygen atoms in total. The lowest BCUT2D eigenvalue weighted by molar-refractivity contribution is -0.384. The summed E-state index contributed by atoms with van der Waals surface area (Å²) in [7, 11) is 0. The van der Waals surface area contributed by atoms with E-state index in [9.17, 15) is 14.9 Å². The summed E-state index contributed by atoms with van der Waals surface area (Å²) in [6.45, 7) is 1.32. The van der Waals surface area contributed by atoms with Gasteiger partial charge in [0, 0.05) is 30.0 Å². The number of amides is 1. The molecular formula is C19H19N3O5S. The Bertz CT molecular complexity index is 849. The van der Waals surface area contributed by atoms with E-state index in [1.807, 2.05) is 0 Å². The van der Waals surface area contributed by atoms with Gasteiger partial charge in [-0.3, -0.25) is 20.2 Å². The van der Waals surface area contributed by atoms with Crippen LogP contribution in [-0.2, 0) is 4.74 Å². The highest BCUT2D eigenvalue weighted by Crippen LogP contribution is 2.18. The van der Waals surface area contributed by atoms with E-state index in [0.717, 1.165) is 25.2 Å². The average Bonchev–Trinajstić information content (AvgIpc) is 3.21. The number of hydrogen-bond acceptors (Lipinski definition) is 6. The van der Waals surface area contributed by atoms with Crippen molar-refractivity contribution in [2.24, 2.45) is 0 Å². The zero-order valence-electron chi connectivity index (χ0n) is 14.9. The monoisotopic (exact) mass is 401 g/mol. The standard InChI is InChI=1S/C19H19N3O5S/c23-18(13-3-7-15(8-4-13)22(24)25)21-19(28)20-14-5-9-16(10-6-14)27-12-17-2-1-11-26-17/h3-10,17H,1-2,11-12H2,(H2,20,21,23,28). The summed E-state index contributed by atoms with van der Waals surface area (Å²) >= 11 is 5.14. The molecule has 2 aromatic carbocycles. The van der Waals surface area contributed by atoms with E-state index < -0.39 is 10.8 Å². The molecule has 0 spiro atoms. The minimum atomic E-state index is -0.526. The van der Waals surface area contributed by atoms with Crippen molar-refractivity contribution < 1.29 is 19.2 Å². The van der Waals surface area contributed by atoms with Crippen molar-refractivity contribution in [1.29, 1.82) is 0 Å². The van der Waals surface area contributed by atoms with Gasteiger partial charge in [-0.05, 0) is 61.5 Å². The molecule has 1 unspecified atom stereocenters. The number of carbonyl (C=O) groups excluding carboxylic acids is 1. The maximum absolute atomic E-state index is 12.2. The van der Waals surface area contributed by atoms with Crippen molar-refractivity contribution in [2.75, 3.05) is 18.5 Å². The number of nitrogens with one attached hydrogen (secondary N) is 2. The first-order valence-electron chi connectivity index (χ1n) is 8.72.